The van der Waals surface area contributed by atoms with Crippen LogP contribution in [-0.2, 0) is 16.1 Å². The van der Waals surface area contributed by atoms with Crippen molar-refractivity contribution in [3.05, 3.63) is 60.3 Å². The first-order chi connectivity index (χ1) is 11.5. The van der Waals surface area contributed by atoms with Crippen LogP contribution >= 0.6 is 0 Å². The second-order valence-corrected chi connectivity index (χ2v) is 5.10. The number of nitrogens with zero attached hydrogens (tertiary/aromatic N) is 2. The molecule has 2 heterocycles. The lowest BCUT2D eigenvalue weighted by atomic mass is 10.1. The lowest BCUT2D eigenvalue weighted by Gasteiger charge is -2.16. The number of carboxylic acids is 2. The average molecular weight is 326 g/mol. The van der Waals surface area contributed by atoms with Gasteiger partial charge in [0.2, 0.25) is 0 Å². The first-order valence-electron chi connectivity index (χ1n) is 7.39. The lowest BCUT2D eigenvalue weighted by Crippen LogP contribution is -2.16. The van der Waals surface area contributed by atoms with Crippen LogP contribution in [0.25, 0.3) is 11.3 Å². The molecule has 0 saturated carbocycles. The molecule has 24 heavy (non-hydrogen) atoms. The van der Waals surface area contributed by atoms with Gasteiger partial charge in [0.15, 0.2) is 0 Å². The Labute approximate surface area is 139 Å². The molecule has 2 aromatic rings. The highest BCUT2D eigenvalue weighted by molar-refractivity contribution is 5.98. The van der Waals surface area contributed by atoms with E-state index in [1.807, 2.05) is 0 Å². The molecule has 6 nitrogen and oxygen atoms in total. The van der Waals surface area contributed by atoms with Gasteiger partial charge in [0.25, 0.3) is 0 Å². The van der Waals surface area contributed by atoms with Crippen LogP contribution in [0.2, 0.25) is 0 Å². The average Bonchev–Trinajstić information content (AvgIpc) is 3.00. The predicted octanol–water partition coefficient (Wildman–Crippen LogP) is 2.69. The Balaban J connectivity index is 0.000000224. The minimum absolute atomic E-state index is 0.558. The molecule has 0 unspecified atom stereocenters. The van der Waals surface area contributed by atoms with E-state index in [-0.39, 0.29) is 0 Å². The highest BCUT2D eigenvalue weighted by Gasteiger charge is 2.14. The number of aliphatic carboxylic acids is 2. The Morgan fingerprint density at radius 1 is 1.00 bits per heavy atom. The highest BCUT2D eigenvalue weighted by atomic mass is 16.4. The van der Waals surface area contributed by atoms with E-state index in [1.165, 1.54) is 17.0 Å². The van der Waals surface area contributed by atoms with Gasteiger partial charge in [-0.3, -0.25) is 4.99 Å². The van der Waals surface area contributed by atoms with Crippen LogP contribution in [-0.4, -0.2) is 39.0 Å². The standard InChI is InChI=1S/C14H14N2.C4H4O4/c1-11-13-7-8-14(16(13)10-9-15-11)12-5-3-2-4-6-12;5-3(6)1-2-4(7)8/h2-8H,9-10H2,1H3;1-2H,(H,5,6)(H,7,8). The summed E-state index contributed by atoms with van der Waals surface area (Å²) < 4.78 is 2.36. The summed E-state index contributed by atoms with van der Waals surface area (Å²) in [6.45, 7) is 3.97. The summed E-state index contributed by atoms with van der Waals surface area (Å²) in [6, 6.07) is 14.9. The molecule has 2 N–H and O–H groups in total. The molecule has 0 saturated heterocycles. The number of carbonyl (C=O) groups is 2. The van der Waals surface area contributed by atoms with Crippen LogP contribution in [0.1, 0.15) is 12.6 Å². The molecule has 6 heteroatoms. The maximum absolute atomic E-state index is 9.55. The molecule has 124 valence electrons. The molecule has 0 spiro atoms. The third kappa shape index (κ3) is 4.42. The van der Waals surface area contributed by atoms with Crippen molar-refractivity contribution in [1.82, 2.24) is 4.57 Å². The summed E-state index contributed by atoms with van der Waals surface area (Å²) in [5.74, 6) is -2.51. The van der Waals surface area contributed by atoms with E-state index in [9.17, 15) is 9.59 Å². The molecule has 3 rings (SSSR count). The van der Waals surface area contributed by atoms with Crippen molar-refractivity contribution < 1.29 is 19.8 Å². The van der Waals surface area contributed by atoms with Crippen LogP contribution in [0, 0.1) is 0 Å². The normalized spacial score (nSPS) is 12.8. The largest absolute Gasteiger partial charge is 0.478 e. The fraction of sp³-hybridized carbons (Fsp3) is 0.167. The van der Waals surface area contributed by atoms with Gasteiger partial charge in [-0.15, -0.1) is 0 Å². The van der Waals surface area contributed by atoms with Gasteiger partial charge in [0, 0.05) is 24.4 Å². The molecule has 0 fully saturated rings. The van der Waals surface area contributed by atoms with E-state index in [2.05, 4.69) is 58.9 Å². The Morgan fingerprint density at radius 2 is 1.58 bits per heavy atom. The fourth-order valence-corrected chi connectivity index (χ4v) is 2.43. The zero-order valence-corrected chi connectivity index (χ0v) is 13.2. The number of fused-ring (bicyclic) bond motifs is 1. The van der Waals surface area contributed by atoms with E-state index in [1.54, 1.807) is 0 Å². The highest BCUT2D eigenvalue weighted by Crippen LogP contribution is 2.24. The molecule has 1 aliphatic rings. The van der Waals surface area contributed by atoms with Crippen LogP contribution in [0.15, 0.2) is 59.6 Å². The van der Waals surface area contributed by atoms with Crippen molar-refractivity contribution in [3.63, 3.8) is 0 Å². The first kappa shape index (κ1) is 17.2. The van der Waals surface area contributed by atoms with Crippen molar-refractivity contribution in [2.24, 2.45) is 4.99 Å². The molecular formula is C18H18N2O4. The summed E-state index contributed by atoms with van der Waals surface area (Å²) in [5.41, 5.74) is 4.98. The number of carboxylic acid groups (broad SMARTS) is 2. The molecule has 0 bridgehead atoms. The van der Waals surface area contributed by atoms with Gasteiger partial charge in [-0.05, 0) is 24.6 Å². The third-order valence-electron chi connectivity index (χ3n) is 3.46. The molecule has 0 radical (unpaired) electrons. The summed E-state index contributed by atoms with van der Waals surface area (Å²) in [6.07, 6.45) is 1.12. The summed E-state index contributed by atoms with van der Waals surface area (Å²) in [4.78, 5) is 23.6. The van der Waals surface area contributed by atoms with Crippen molar-refractivity contribution >= 4 is 17.7 Å². The van der Waals surface area contributed by atoms with Gasteiger partial charge in [-0.25, -0.2) is 9.59 Å². The Hall–Kier alpha value is -3.15. The maximum atomic E-state index is 9.55. The zero-order chi connectivity index (χ0) is 17.5. The molecule has 0 amide bonds. The fourth-order valence-electron chi connectivity index (χ4n) is 2.43. The Bertz CT molecular complexity index is 773. The molecular weight excluding hydrogens is 308 g/mol. The van der Waals surface area contributed by atoms with Crippen molar-refractivity contribution in [3.8, 4) is 11.3 Å². The maximum Gasteiger partial charge on any atom is 0.328 e. The Morgan fingerprint density at radius 3 is 2.17 bits per heavy atom. The number of benzene rings is 1. The van der Waals surface area contributed by atoms with E-state index in [0.29, 0.717) is 12.2 Å². The van der Waals surface area contributed by atoms with Crippen molar-refractivity contribution in [2.45, 2.75) is 13.5 Å². The van der Waals surface area contributed by atoms with Crippen LogP contribution in [0.4, 0.5) is 0 Å². The lowest BCUT2D eigenvalue weighted by molar-refractivity contribution is -0.134. The van der Waals surface area contributed by atoms with Gasteiger partial charge in [-0.1, -0.05) is 30.3 Å². The van der Waals surface area contributed by atoms with Crippen LogP contribution < -0.4 is 0 Å². The number of hydrogen-bond donors (Lipinski definition) is 2. The second kappa shape index (κ2) is 7.92. The quantitative estimate of drug-likeness (QED) is 0.848. The topological polar surface area (TPSA) is 91.9 Å². The number of aromatic nitrogens is 1. The molecule has 1 aliphatic heterocycles. The molecule has 1 aromatic heterocycles. The smallest absolute Gasteiger partial charge is 0.328 e. The van der Waals surface area contributed by atoms with Crippen LogP contribution in [0.5, 0.6) is 0 Å². The van der Waals surface area contributed by atoms with E-state index in [0.717, 1.165) is 18.8 Å². The van der Waals surface area contributed by atoms with Gasteiger partial charge in [0.05, 0.1) is 18.0 Å². The SMILES string of the molecule is CC1=NCCn2c1ccc2-c1ccccc1.O=C(O)C=CC(=O)O. The molecule has 0 aliphatic carbocycles. The van der Waals surface area contributed by atoms with E-state index < -0.39 is 11.9 Å². The number of rotatable bonds is 3. The summed E-state index contributed by atoms with van der Waals surface area (Å²) in [7, 11) is 0. The zero-order valence-electron chi connectivity index (χ0n) is 13.2. The van der Waals surface area contributed by atoms with E-state index in [4.69, 9.17) is 10.2 Å². The second-order valence-electron chi connectivity index (χ2n) is 5.10. The first-order valence-corrected chi connectivity index (χ1v) is 7.39. The minimum atomic E-state index is -1.26. The summed E-state index contributed by atoms with van der Waals surface area (Å²) >= 11 is 0. The van der Waals surface area contributed by atoms with Crippen molar-refractivity contribution in [2.75, 3.05) is 6.54 Å². The monoisotopic (exact) mass is 326 g/mol. The van der Waals surface area contributed by atoms with Gasteiger partial charge >= 0.3 is 11.9 Å². The van der Waals surface area contributed by atoms with Gasteiger partial charge in [-0.2, -0.15) is 0 Å². The molecule has 1 aromatic carbocycles. The number of aliphatic imine (C=N–C) groups is 1. The predicted molar refractivity (Wildman–Crippen MR) is 91.4 cm³/mol. The number of hydrogen-bond acceptors (Lipinski definition) is 3. The van der Waals surface area contributed by atoms with Gasteiger partial charge in [0.1, 0.15) is 0 Å². The van der Waals surface area contributed by atoms with E-state index >= 15 is 0 Å². The molecule has 0 atom stereocenters. The Kier molecular flexibility index (Phi) is 5.68. The minimum Gasteiger partial charge on any atom is -0.478 e. The third-order valence-corrected chi connectivity index (χ3v) is 3.46. The van der Waals surface area contributed by atoms with Gasteiger partial charge < -0.3 is 14.8 Å². The van der Waals surface area contributed by atoms with Crippen molar-refractivity contribution in [1.29, 1.82) is 0 Å². The van der Waals surface area contributed by atoms with Crippen LogP contribution in [0.3, 0.4) is 0 Å². The summed E-state index contributed by atoms with van der Waals surface area (Å²) in [5, 5.41) is 15.6.